The van der Waals surface area contributed by atoms with Crippen LogP contribution in [0.2, 0.25) is 5.02 Å². The zero-order chi connectivity index (χ0) is 22.1. The van der Waals surface area contributed by atoms with E-state index in [0.717, 1.165) is 30.0 Å². The number of hydrogen-bond donors (Lipinski definition) is 0. The third kappa shape index (κ3) is 9.99. The number of carbonyl (C=O) groups is 1. The molecule has 0 amide bonds. The van der Waals surface area contributed by atoms with E-state index in [-0.39, 0.29) is 30.2 Å². The fourth-order valence-corrected chi connectivity index (χ4v) is 3.05. The summed E-state index contributed by atoms with van der Waals surface area (Å²) in [6.07, 6.45) is 8.54. The van der Waals surface area contributed by atoms with Gasteiger partial charge in [0.15, 0.2) is 5.78 Å². The Morgan fingerprint density at radius 3 is 2.58 bits per heavy atom. The summed E-state index contributed by atoms with van der Waals surface area (Å²) in [5.41, 5.74) is 1.39. The molecule has 1 fully saturated rings. The van der Waals surface area contributed by atoms with Gasteiger partial charge >= 0.3 is 18.9 Å². The molecule has 1 saturated carbocycles. The second-order valence-electron chi connectivity index (χ2n) is 8.41. The molecule has 1 aliphatic rings. The molecule has 1 aromatic carbocycles. The van der Waals surface area contributed by atoms with E-state index in [9.17, 15) is 9.59 Å². The zero-order valence-corrected chi connectivity index (χ0v) is 19.7. The molecule has 0 aliphatic heterocycles. The van der Waals surface area contributed by atoms with Gasteiger partial charge in [0.05, 0.1) is 17.5 Å². The summed E-state index contributed by atoms with van der Waals surface area (Å²) in [6.45, 7) is 11.4. The second-order valence-corrected chi connectivity index (χ2v) is 8.82. The Labute approximate surface area is 203 Å². The minimum Gasteiger partial charge on any atom is -0.649 e. The van der Waals surface area contributed by atoms with Crippen molar-refractivity contribution in [1.82, 2.24) is 9.55 Å². The maximum Gasteiger partial charge on any atom is 1.00 e. The molecule has 1 aliphatic carbocycles. The maximum absolute atomic E-state index is 12.5. The van der Waals surface area contributed by atoms with Crippen molar-refractivity contribution in [3.05, 3.63) is 65.9 Å². The molecule has 1 aromatic heterocycles. The predicted molar refractivity (Wildman–Crippen MR) is 119 cm³/mol. The third-order valence-corrected chi connectivity index (χ3v) is 4.99. The van der Waals surface area contributed by atoms with Crippen molar-refractivity contribution in [1.29, 1.82) is 0 Å². The minimum absolute atomic E-state index is 0. The molecule has 3 rings (SSSR count). The van der Waals surface area contributed by atoms with Gasteiger partial charge in [0, 0.05) is 11.4 Å². The summed E-state index contributed by atoms with van der Waals surface area (Å²) in [5, 5.41) is 0.768. The number of ketones is 1. The predicted octanol–water partition coefficient (Wildman–Crippen LogP) is 2.41. The number of carbonyl (C=O) groups excluding carboxylic acids is 2. The monoisotopic (exact) mass is 436 g/mol. The molecule has 31 heavy (non-hydrogen) atoms. The molecule has 0 unspecified atom stereocenters. The van der Waals surface area contributed by atoms with Crippen LogP contribution in [-0.4, -0.2) is 27.4 Å². The number of hydrogen-bond acceptors (Lipinski definition) is 4. The van der Waals surface area contributed by atoms with Gasteiger partial charge in [0.2, 0.25) is 0 Å². The van der Waals surface area contributed by atoms with E-state index < -0.39 is 0 Å². The summed E-state index contributed by atoms with van der Waals surface area (Å²) in [4.78, 5) is 26.2. The molecule has 5 nitrogen and oxygen atoms in total. The summed E-state index contributed by atoms with van der Waals surface area (Å²) < 4.78 is 6.35. The molecule has 0 spiro atoms. The van der Waals surface area contributed by atoms with E-state index in [2.05, 4.69) is 23.1 Å². The van der Waals surface area contributed by atoms with Crippen LogP contribution in [0.5, 0.6) is 0 Å². The Kier molecular flexibility index (Phi) is 11.5. The van der Waals surface area contributed by atoms with Crippen molar-refractivity contribution in [2.75, 3.05) is 0 Å². The van der Waals surface area contributed by atoms with Crippen molar-refractivity contribution in [3.8, 4) is 0 Å². The number of Topliss-reactive ketones (excluding diaryl/α,β-unsaturated/α-hetero) is 1. The Morgan fingerprint density at radius 1 is 1.35 bits per heavy atom. The van der Waals surface area contributed by atoms with Crippen molar-refractivity contribution in [3.63, 3.8) is 0 Å². The molecule has 7 heteroatoms. The first-order chi connectivity index (χ1) is 14.2. The largest absolute Gasteiger partial charge is 1.00 e. The van der Waals surface area contributed by atoms with Crippen LogP contribution in [0.3, 0.4) is 0 Å². The number of halogens is 1. The van der Waals surface area contributed by atoms with E-state index in [0.29, 0.717) is 23.9 Å². The first-order valence-corrected chi connectivity index (χ1v) is 10.6. The van der Waals surface area contributed by atoms with Crippen molar-refractivity contribution < 1.29 is 33.2 Å². The first-order valence-electron chi connectivity index (χ1n) is 10.2. The number of aromatic nitrogens is 2. The topological polar surface area (TPSA) is 61.2 Å². The standard InChI is InChI=1S/C19H21ClN2O.C5H9O2.Li/c1-14-21-13-18(22(14)12-11-15-9-10-15)19(23)8-4-6-16-5-2-3-7-17(16)20;1-5(2,3)7-4-6;/h2-3,5,7,11,13,15H,1,4,6,8-10,12H2;1-3H3;/q-2;-1;+1. The summed E-state index contributed by atoms with van der Waals surface area (Å²) in [6, 6.07) is 7.79. The van der Waals surface area contributed by atoms with Gasteiger partial charge in [-0.15, -0.1) is 6.54 Å². The number of rotatable bonds is 9. The van der Waals surface area contributed by atoms with Crippen molar-refractivity contribution in [2.24, 2.45) is 5.92 Å². The molecule has 0 N–H and O–H groups in total. The van der Waals surface area contributed by atoms with Gasteiger partial charge in [-0.3, -0.25) is 9.78 Å². The number of ether oxygens (including phenoxy) is 1. The van der Waals surface area contributed by atoms with Gasteiger partial charge in [0.25, 0.3) is 0 Å². The van der Waals surface area contributed by atoms with Crippen LogP contribution < -0.4 is 18.9 Å². The van der Waals surface area contributed by atoms with E-state index in [4.69, 9.17) is 11.6 Å². The van der Waals surface area contributed by atoms with Crippen LogP contribution in [0.15, 0.2) is 30.5 Å². The summed E-state index contributed by atoms with van der Waals surface area (Å²) >= 11 is 6.15. The molecular formula is C24H30ClLiN2O3-2. The molecule has 0 radical (unpaired) electrons. The van der Waals surface area contributed by atoms with Gasteiger partial charge in [-0.25, -0.2) is 0 Å². The van der Waals surface area contributed by atoms with Gasteiger partial charge in [-0.05, 0) is 51.1 Å². The molecule has 164 valence electrons. The van der Waals surface area contributed by atoms with Gasteiger partial charge in [0.1, 0.15) is 0 Å². The average molecular weight is 437 g/mol. The summed E-state index contributed by atoms with van der Waals surface area (Å²) in [7, 11) is 0. The molecule has 0 bridgehead atoms. The van der Waals surface area contributed by atoms with E-state index >= 15 is 0 Å². The number of imidazole rings is 1. The van der Waals surface area contributed by atoms with Crippen LogP contribution in [-0.2, 0) is 22.5 Å². The first kappa shape index (κ1) is 27.4. The fourth-order valence-electron chi connectivity index (χ4n) is 2.82. The molecule has 0 saturated heterocycles. The smallest absolute Gasteiger partial charge is 0.649 e. The third-order valence-electron chi connectivity index (χ3n) is 4.62. The Bertz CT molecular complexity index is 842. The average Bonchev–Trinajstić information content (AvgIpc) is 3.43. The van der Waals surface area contributed by atoms with Gasteiger partial charge < -0.3 is 27.4 Å². The van der Waals surface area contributed by atoms with Crippen LogP contribution >= 0.6 is 11.6 Å². The second kappa shape index (κ2) is 13.0. The molecule has 1 heterocycles. The van der Waals surface area contributed by atoms with Crippen molar-refractivity contribution >= 4 is 23.9 Å². The summed E-state index contributed by atoms with van der Waals surface area (Å²) in [5.74, 6) is 1.50. The minimum atomic E-state index is -0.373. The number of benzene rings is 1. The Hall–Kier alpha value is -1.67. The van der Waals surface area contributed by atoms with Crippen LogP contribution in [0.1, 0.15) is 68.3 Å². The van der Waals surface area contributed by atoms with Crippen molar-refractivity contribution in [2.45, 2.75) is 65.0 Å². The van der Waals surface area contributed by atoms with Crippen LogP contribution in [0, 0.1) is 19.3 Å². The number of aryl methyl sites for hydroxylation is 1. The molecule has 0 atom stereocenters. The van der Waals surface area contributed by atoms with E-state index in [1.807, 2.05) is 28.8 Å². The van der Waals surface area contributed by atoms with E-state index in [1.165, 1.54) is 19.3 Å². The van der Waals surface area contributed by atoms with Gasteiger partial charge in [-0.1, -0.05) is 49.1 Å². The number of nitrogens with zero attached hydrogens (tertiary/aromatic N) is 2. The molecule has 2 aromatic rings. The zero-order valence-electron chi connectivity index (χ0n) is 19.0. The quantitative estimate of drug-likeness (QED) is 0.344. The SMILES string of the molecule is CC(C)(C)O[C-]=O.[CH2-]c1ncc(C(=O)CCCc2ccccc2Cl)n1C[CH-]C1CC1.[Li+]. The maximum atomic E-state index is 12.5. The van der Waals surface area contributed by atoms with Crippen LogP contribution in [0.25, 0.3) is 0 Å². The fraction of sp³-hybridized carbons (Fsp3) is 0.458. The van der Waals surface area contributed by atoms with Crippen LogP contribution in [0.4, 0.5) is 0 Å². The molecular weight excluding hydrogens is 407 g/mol. The Morgan fingerprint density at radius 2 is 2.03 bits per heavy atom. The Balaban J connectivity index is 0.000000523. The normalized spacial score (nSPS) is 12.9. The van der Waals surface area contributed by atoms with Gasteiger partial charge in [-0.2, -0.15) is 5.92 Å². The van der Waals surface area contributed by atoms with E-state index in [1.54, 1.807) is 27.0 Å².